The molecule has 0 aromatic heterocycles. The number of Topliss-reactive ketones (excluding diaryl/α,β-unsaturated/α-hetero) is 1. The smallest absolute Gasteiger partial charge is 0.140 e. The van der Waals surface area contributed by atoms with Gasteiger partial charge in [0.25, 0.3) is 0 Å². The minimum Gasteiger partial charge on any atom is -0.299 e. The normalized spacial score (nSPS) is 12.7. The first kappa shape index (κ1) is 12.6. The summed E-state index contributed by atoms with van der Waals surface area (Å²) in [5.41, 5.74) is 0. The van der Waals surface area contributed by atoms with Gasteiger partial charge in [0, 0.05) is 12.8 Å². The standard InChI is InChI=1S/C13H18O/c1-3-5-7-9-11-13(14)12-10-8-6-4-2/h3-10H,11-12H2,1-2H3/b5-3+,6-4+,9-7+,10-8+. The molecule has 0 saturated carbocycles. The number of allylic oxidation sites excluding steroid dienone is 8. The maximum absolute atomic E-state index is 11.2. The molecule has 1 nitrogen and oxygen atoms in total. The van der Waals surface area contributed by atoms with Crippen LogP contribution < -0.4 is 0 Å². The van der Waals surface area contributed by atoms with Crippen molar-refractivity contribution in [3.05, 3.63) is 48.6 Å². The van der Waals surface area contributed by atoms with Crippen molar-refractivity contribution in [2.75, 3.05) is 0 Å². The van der Waals surface area contributed by atoms with Gasteiger partial charge in [-0.15, -0.1) is 0 Å². The van der Waals surface area contributed by atoms with Crippen LogP contribution in [0, 0.1) is 0 Å². The lowest BCUT2D eigenvalue weighted by atomic mass is 10.2. The van der Waals surface area contributed by atoms with Gasteiger partial charge in [-0.3, -0.25) is 4.79 Å². The number of carbonyl (C=O) groups excluding carboxylic acids is 1. The van der Waals surface area contributed by atoms with Crippen LogP contribution in [0.15, 0.2) is 48.6 Å². The average Bonchev–Trinajstić information content (AvgIpc) is 2.19. The zero-order valence-electron chi connectivity index (χ0n) is 8.94. The summed E-state index contributed by atoms with van der Waals surface area (Å²) < 4.78 is 0. The quantitative estimate of drug-likeness (QED) is 0.585. The topological polar surface area (TPSA) is 17.1 Å². The summed E-state index contributed by atoms with van der Waals surface area (Å²) in [5.74, 6) is 0.242. The van der Waals surface area contributed by atoms with Crippen molar-refractivity contribution >= 4 is 5.78 Å². The van der Waals surface area contributed by atoms with Crippen molar-refractivity contribution in [2.45, 2.75) is 26.7 Å². The Morgan fingerprint density at radius 3 is 1.64 bits per heavy atom. The Bertz CT molecular complexity index is 228. The van der Waals surface area contributed by atoms with E-state index in [-0.39, 0.29) is 5.78 Å². The van der Waals surface area contributed by atoms with Gasteiger partial charge in [0.05, 0.1) is 0 Å². The number of hydrogen-bond acceptors (Lipinski definition) is 1. The highest BCUT2D eigenvalue weighted by Gasteiger charge is 1.93. The summed E-state index contributed by atoms with van der Waals surface area (Å²) in [4.78, 5) is 11.2. The molecule has 1 heteroatoms. The molecular formula is C13H18O. The van der Waals surface area contributed by atoms with E-state index in [2.05, 4.69) is 0 Å². The molecule has 0 rings (SSSR count). The Morgan fingerprint density at radius 1 is 0.857 bits per heavy atom. The Morgan fingerprint density at radius 2 is 1.29 bits per heavy atom. The van der Waals surface area contributed by atoms with Gasteiger partial charge in [-0.25, -0.2) is 0 Å². The monoisotopic (exact) mass is 190 g/mol. The van der Waals surface area contributed by atoms with Gasteiger partial charge < -0.3 is 0 Å². The second-order valence-corrected chi connectivity index (χ2v) is 2.85. The zero-order valence-corrected chi connectivity index (χ0v) is 8.94. The van der Waals surface area contributed by atoms with Crippen LogP contribution in [0.1, 0.15) is 26.7 Å². The molecule has 0 N–H and O–H groups in total. The maximum atomic E-state index is 11.2. The van der Waals surface area contributed by atoms with Gasteiger partial charge in [0.15, 0.2) is 0 Å². The highest BCUT2D eigenvalue weighted by molar-refractivity contribution is 5.81. The lowest BCUT2D eigenvalue weighted by molar-refractivity contribution is -0.117. The molecule has 0 atom stereocenters. The number of ketones is 1. The van der Waals surface area contributed by atoms with E-state index in [0.717, 1.165) is 0 Å². The predicted molar refractivity (Wildman–Crippen MR) is 62.1 cm³/mol. The third kappa shape index (κ3) is 8.72. The molecular weight excluding hydrogens is 172 g/mol. The van der Waals surface area contributed by atoms with Crippen molar-refractivity contribution in [1.82, 2.24) is 0 Å². The highest BCUT2D eigenvalue weighted by atomic mass is 16.1. The number of hydrogen-bond donors (Lipinski definition) is 0. The summed E-state index contributed by atoms with van der Waals surface area (Å²) in [6.07, 6.45) is 16.3. The van der Waals surface area contributed by atoms with E-state index in [1.54, 1.807) is 0 Å². The number of rotatable bonds is 6. The van der Waals surface area contributed by atoms with E-state index in [9.17, 15) is 4.79 Å². The van der Waals surface area contributed by atoms with Crippen LogP contribution in [0.5, 0.6) is 0 Å². The van der Waals surface area contributed by atoms with E-state index in [0.29, 0.717) is 12.8 Å². The lowest BCUT2D eigenvalue weighted by Crippen LogP contribution is -1.91. The lowest BCUT2D eigenvalue weighted by Gasteiger charge is -1.88. The van der Waals surface area contributed by atoms with Crippen molar-refractivity contribution in [1.29, 1.82) is 0 Å². The molecule has 0 unspecified atom stereocenters. The minimum atomic E-state index is 0.242. The van der Waals surface area contributed by atoms with Crippen LogP contribution in [0.3, 0.4) is 0 Å². The Hall–Kier alpha value is -1.37. The Labute approximate surface area is 86.5 Å². The second-order valence-electron chi connectivity index (χ2n) is 2.85. The first-order valence-electron chi connectivity index (χ1n) is 4.88. The molecule has 0 aliphatic heterocycles. The molecule has 0 aliphatic carbocycles. The van der Waals surface area contributed by atoms with E-state index < -0.39 is 0 Å². The molecule has 0 amide bonds. The van der Waals surface area contributed by atoms with Crippen molar-refractivity contribution < 1.29 is 4.79 Å². The SMILES string of the molecule is C/C=C/C=C/CC(=O)C/C=C/C=C/C. The van der Waals surface area contributed by atoms with Gasteiger partial charge in [-0.2, -0.15) is 0 Å². The Balaban J connectivity index is 3.65. The third-order valence-corrected chi connectivity index (χ3v) is 1.57. The largest absolute Gasteiger partial charge is 0.299 e. The molecule has 0 fully saturated rings. The molecule has 0 aromatic carbocycles. The maximum Gasteiger partial charge on any atom is 0.140 e. The fraction of sp³-hybridized carbons (Fsp3) is 0.308. The highest BCUT2D eigenvalue weighted by Crippen LogP contribution is 1.94. The van der Waals surface area contributed by atoms with E-state index in [1.807, 2.05) is 62.5 Å². The summed E-state index contributed by atoms with van der Waals surface area (Å²) in [7, 11) is 0. The van der Waals surface area contributed by atoms with Crippen LogP contribution in [-0.4, -0.2) is 5.78 Å². The summed E-state index contributed by atoms with van der Waals surface area (Å²) in [6, 6.07) is 0. The van der Waals surface area contributed by atoms with Crippen LogP contribution in [-0.2, 0) is 4.79 Å². The van der Waals surface area contributed by atoms with Crippen LogP contribution in [0.25, 0.3) is 0 Å². The van der Waals surface area contributed by atoms with Crippen LogP contribution in [0.4, 0.5) is 0 Å². The zero-order chi connectivity index (χ0) is 10.6. The minimum absolute atomic E-state index is 0.242. The molecule has 0 aliphatic rings. The molecule has 0 saturated heterocycles. The summed E-state index contributed by atoms with van der Waals surface area (Å²) >= 11 is 0. The summed E-state index contributed by atoms with van der Waals surface area (Å²) in [5, 5.41) is 0. The van der Waals surface area contributed by atoms with Gasteiger partial charge >= 0.3 is 0 Å². The second kappa shape index (κ2) is 9.72. The van der Waals surface area contributed by atoms with E-state index in [4.69, 9.17) is 0 Å². The van der Waals surface area contributed by atoms with Gasteiger partial charge in [-0.1, -0.05) is 48.6 Å². The fourth-order valence-corrected chi connectivity index (χ4v) is 0.862. The third-order valence-electron chi connectivity index (χ3n) is 1.57. The summed E-state index contributed by atoms with van der Waals surface area (Å²) in [6.45, 7) is 3.90. The molecule has 0 aromatic rings. The van der Waals surface area contributed by atoms with Crippen molar-refractivity contribution in [3.8, 4) is 0 Å². The van der Waals surface area contributed by atoms with Crippen molar-refractivity contribution in [3.63, 3.8) is 0 Å². The average molecular weight is 190 g/mol. The van der Waals surface area contributed by atoms with Gasteiger partial charge in [-0.05, 0) is 13.8 Å². The molecule has 0 spiro atoms. The van der Waals surface area contributed by atoms with E-state index >= 15 is 0 Å². The predicted octanol–water partition coefficient (Wildman–Crippen LogP) is 3.60. The molecule has 0 bridgehead atoms. The van der Waals surface area contributed by atoms with Gasteiger partial charge in [0.1, 0.15) is 5.78 Å². The van der Waals surface area contributed by atoms with E-state index in [1.165, 1.54) is 0 Å². The molecule has 14 heavy (non-hydrogen) atoms. The first-order chi connectivity index (χ1) is 6.81. The van der Waals surface area contributed by atoms with Crippen LogP contribution in [0.2, 0.25) is 0 Å². The molecule has 0 radical (unpaired) electrons. The Kier molecular flexibility index (Phi) is 8.77. The van der Waals surface area contributed by atoms with Gasteiger partial charge in [0.2, 0.25) is 0 Å². The first-order valence-corrected chi connectivity index (χ1v) is 4.88. The number of carbonyl (C=O) groups is 1. The van der Waals surface area contributed by atoms with Crippen LogP contribution >= 0.6 is 0 Å². The van der Waals surface area contributed by atoms with Crippen molar-refractivity contribution in [2.24, 2.45) is 0 Å². The fourth-order valence-electron chi connectivity index (χ4n) is 0.862. The molecule has 0 heterocycles. The molecule has 76 valence electrons.